The summed E-state index contributed by atoms with van der Waals surface area (Å²) in [6.07, 6.45) is 1.49. The van der Waals surface area contributed by atoms with Gasteiger partial charge in [0.15, 0.2) is 6.61 Å². The van der Waals surface area contributed by atoms with Crippen LogP contribution in [0.4, 0.5) is 11.4 Å². The molecule has 2 N–H and O–H groups in total. The summed E-state index contributed by atoms with van der Waals surface area (Å²) in [4.78, 5) is 25.0. The zero-order valence-electron chi connectivity index (χ0n) is 19.4. The first kappa shape index (κ1) is 26.2. The predicted molar refractivity (Wildman–Crippen MR) is 145 cm³/mol. The molecule has 0 atom stereocenters. The number of nitrogens with zero attached hydrogens (tertiary/aromatic N) is 1. The number of ether oxygens (including phenoxy) is 1. The van der Waals surface area contributed by atoms with E-state index in [1.165, 1.54) is 6.08 Å². The van der Waals surface area contributed by atoms with Crippen LogP contribution in [0.15, 0.2) is 69.1 Å². The van der Waals surface area contributed by atoms with Gasteiger partial charge in [0.05, 0.1) is 8.95 Å². The highest BCUT2D eigenvalue weighted by Gasteiger charge is 2.14. The molecule has 178 valence electrons. The Kier molecular flexibility index (Phi) is 8.85. The number of aryl methyl sites for hydroxylation is 3. The molecule has 35 heavy (non-hydrogen) atoms. The maximum Gasteiger partial charge on any atom is 0.266 e. The van der Waals surface area contributed by atoms with Gasteiger partial charge in [0.25, 0.3) is 11.8 Å². The Morgan fingerprint density at radius 1 is 0.943 bits per heavy atom. The monoisotopic (exact) mass is 595 g/mol. The lowest BCUT2D eigenvalue weighted by molar-refractivity contribution is -0.118. The van der Waals surface area contributed by atoms with Crippen LogP contribution in [-0.2, 0) is 9.59 Å². The fourth-order valence-electron chi connectivity index (χ4n) is 3.17. The molecule has 0 aromatic heterocycles. The second-order valence-electron chi connectivity index (χ2n) is 7.89. The summed E-state index contributed by atoms with van der Waals surface area (Å²) in [6.45, 7) is 5.67. The standard InChI is InChI=1S/C27H23Br2N3O3/c1-16-8-9-21(10-18(16)3)31-25(33)15-35-26-22(28)12-19(13-23(26)29)11-20(14-30)27(34)32-24-7-5-4-6-17(24)2/h4-13H,15H2,1-3H3,(H,31,33)(H,32,34)/b20-11-. The largest absolute Gasteiger partial charge is 0.481 e. The van der Waals surface area contributed by atoms with Gasteiger partial charge in [-0.3, -0.25) is 9.59 Å². The lowest BCUT2D eigenvalue weighted by atomic mass is 10.1. The van der Waals surface area contributed by atoms with Crippen molar-refractivity contribution in [2.24, 2.45) is 0 Å². The van der Waals surface area contributed by atoms with Gasteiger partial charge < -0.3 is 15.4 Å². The summed E-state index contributed by atoms with van der Waals surface area (Å²) < 4.78 is 6.84. The topological polar surface area (TPSA) is 91.2 Å². The van der Waals surface area contributed by atoms with E-state index in [1.807, 2.05) is 63.2 Å². The van der Waals surface area contributed by atoms with Crippen molar-refractivity contribution in [1.82, 2.24) is 0 Å². The van der Waals surface area contributed by atoms with Gasteiger partial charge in [0.2, 0.25) is 0 Å². The number of para-hydroxylation sites is 1. The average Bonchev–Trinajstić information content (AvgIpc) is 2.80. The van der Waals surface area contributed by atoms with Crippen molar-refractivity contribution in [2.45, 2.75) is 20.8 Å². The van der Waals surface area contributed by atoms with Gasteiger partial charge in [0, 0.05) is 11.4 Å². The summed E-state index contributed by atoms with van der Waals surface area (Å²) >= 11 is 6.89. The third kappa shape index (κ3) is 7.04. The molecule has 0 aliphatic heterocycles. The smallest absolute Gasteiger partial charge is 0.266 e. The van der Waals surface area contributed by atoms with Crippen molar-refractivity contribution in [3.63, 3.8) is 0 Å². The third-order valence-corrected chi connectivity index (χ3v) is 6.41. The number of amides is 2. The highest BCUT2D eigenvalue weighted by atomic mass is 79.9. The summed E-state index contributed by atoms with van der Waals surface area (Å²) in [5.74, 6) is -0.367. The minimum atomic E-state index is -0.502. The van der Waals surface area contributed by atoms with Crippen LogP contribution < -0.4 is 15.4 Å². The number of benzene rings is 3. The molecule has 0 bridgehead atoms. The van der Waals surface area contributed by atoms with E-state index in [2.05, 4.69) is 42.5 Å². The van der Waals surface area contributed by atoms with E-state index in [-0.39, 0.29) is 18.1 Å². The van der Waals surface area contributed by atoms with Crippen LogP contribution in [0.3, 0.4) is 0 Å². The Hall–Kier alpha value is -3.41. The normalized spacial score (nSPS) is 10.9. The molecule has 0 fully saturated rings. The molecule has 0 radical (unpaired) electrons. The van der Waals surface area contributed by atoms with Gasteiger partial charge in [0.1, 0.15) is 17.4 Å². The van der Waals surface area contributed by atoms with Gasteiger partial charge in [-0.05, 0) is 111 Å². The first-order chi connectivity index (χ1) is 16.7. The van der Waals surface area contributed by atoms with Crippen molar-refractivity contribution >= 4 is 61.1 Å². The zero-order valence-corrected chi connectivity index (χ0v) is 22.6. The average molecular weight is 597 g/mol. The molecule has 2 amide bonds. The van der Waals surface area contributed by atoms with Crippen LogP contribution in [0.2, 0.25) is 0 Å². The SMILES string of the molecule is Cc1ccc(NC(=O)COc2c(Br)cc(/C=C(/C#N)C(=O)Nc3ccccc3C)cc2Br)cc1C. The molecule has 0 saturated carbocycles. The van der Waals surface area contributed by atoms with Crippen molar-refractivity contribution in [3.05, 3.63) is 91.4 Å². The molecular weight excluding hydrogens is 574 g/mol. The summed E-state index contributed by atoms with van der Waals surface area (Å²) in [6, 6.07) is 18.4. The quantitative estimate of drug-likeness (QED) is 0.234. The fraction of sp³-hybridized carbons (Fsp3) is 0.148. The molecular formula is C27H23Br2N3O3. The first-order valence-electron chi connectivity index (χ1n) is 10.7. The third-order valence-electron chi connectivity index (χ3n) is 5.23. The summed E-state index contributed by atoms with van der Waals surface area (Å²) in [7, 11) is 0. The molecule has 6 nitrogen and oxygen atoms in total. The number of anilines is 2. The number of halogens is 2. The Bertz CT molecular complexity index is 1340. The van der Waals surface area contributed by atoms with Crippen LogP contribution >= 0.6 is 31.9 Å². The molecule has 3 aromatic rings. The second-order valence-corrected chi connectivity index (χ2v) is 9.60. The number of hydrogen-bond acceptors (Lipinski definition) is 4. The Morgan fingerprint density at radius 3 is 2.26 bits per heavy atom. The predicted octanol–water partition coefficient (Wildman–Crippen LogP) is 6.70. The summed E-state index contributed by atoms with van der Waals surface area (Å²) in [5, 5.41) is 15.1. The van der Waals surface area contributed by atoms with E-state index >= 15 is 0 Å². The zero-order chi connectivity index (χ0) is 25.5. The lowest BCUT2D eigenvalue weighted by Crippen LogP contribution is -2.20. The first-order valence-corrected chi connectivity index (χ1v) is 12.2. The van der Waals surface area contributed by atoms with Crippen molar-refractivity contribution < 1.29 is 14.3 Å². The molecule has 0 unspecified atom stereocenters. The molecule has 0 spiro atoms. The lowest BCUT2D eigenvalue weighted by Gasteiger charge is -2.12. The highest BCUT2D eigenvalue weighted by molar-refractivity contribution is 9.11. The molecule has 3 rings (SSSR count). The van der Waals surface area contributed by atoms with Crippen LogP contribution in [0.5, 0.6) is 5.75 Å². The molecule has 0 heterocycles. The molecule has 3 aromatic carbocycles. The summed E-state index contributed by atoms with van der Waals surface area (Å²) in [5.41, 5.74) is 5.03. The maximum absolute atomic E-state index is 12.6. The van der Waals surface area contributed by atoms with Crippen LogP contribution in [0.25, 0.3) is 6.08 Å². The molecule has 8 heteroatoms. The maximum atomic E-state index is 12.6. The Morgan fingerprint density at radius 2 is 1.63 bits per heavy atom. The van der Waals surface area contributed by atoms with Crippen molar-refractivity contribution in [2.75, 3.05) is 17.2 Å². The van der Waals surface area contributed by atoms with Crippen molar-refractivity contribution in [1.29, 1.82) is 5.26 Å². The number of nitrogens with one attached hydrogen (secondary N) is 2. The Balaban J connectivity index is 1.70. The van der Waals surface area contributed by atoms with Gasteiger partial charge in [-0.2, -0.15) is 5.26 Å². The van der Waals surface area contributed by atoms with Crippen LogP contribution in [0, 0.1) is 32.1 Å². The van der Waals surface area contributed by atoms with Gasteiger partial charge in [-0.15, -0.1) is 0 Å². The van der Waals surface area contributed by atoms with E-state index in [9.17, 15) is 14.9 Å². The number of carbonyl (C=O) groups is 2. The van der Waals surface area contributed by atoms with Crippen molar-refractivity contribution in [3.8, 4) is 11.8 Å². The highest BCUT2D eigenvalue weighted by Crippen LogP contribution is 2.35. The van der Waals surface area contributed by atoms with Gasteiger partial charge >= 0.3 is 0 Å². The van der Waals surface area contributed by atoms with Gasteiger partial charge in [-0.1, -0.05) is 24.3 Å². The van der Waals surface area contributed by atoms with Gasteiger partial charge in [-0.25, -0.2) is 0 Å². The fourth-order valence-corrected chi connectivity index (χ4v) is 4.62. The minimum Gasteiger partial charge on any atom is -0.481 e. The molecule has 0 aliphatic carbocycles. The Labute approximate surface area is 221 Å². The minimum absolute atomic E-state index is 0.0477. The molecule has 0 saturated heterocycles. The van der Waals surface area contributed by atoms with E-state index in [0.717, 1.165) is 16.7 Å². The number of carbonyl (C=O) groups excluding carboxylic acids is 2. The van der Waals surface area contributed by atoms with E-state index < -0.39 is 5.91 Å². The van der Waals surface area contributed by atoms with Crippen LogP contribution in [-0.4, -0.2) is 18.4 Å². The second kappa shape index (κ2) is 11.8. The number of rotatable bonds is 7. The number of hydrogen-bond donors (Lipinski definition) is 2. The number of nitriles is 1. The van der Waals surface area contributed by atoms with E-state index in [4.69, 9.17) is 4.74 Å². The molecule has 0 aliphatic rings. The van der Waals surface area contributed by atoms with E-state index in [1.54, 1.807) is 18.2 Å². The van der Waals surface area contributed by atoms with E-state index in [0.29, 0.717) is 31.6 Å². The van der Waals surface area contributed by atoms with Crippen LogP contribution in [0.1, 0.15) is 22.3 Å².